The monoisotopic (exact) mass is 628 g/mol. The number of aliphatic hydroxyl groups excluding tert-OH is 1. The number of para-hydroxylation sites is 1. The SMILES string of the molecule is CCOC(=O)CC1=CCN(C(=O)C[C@H]2O[C@H](c3cccc(OC)c3OC)c3cc(Cl)ccc3N(CC(C)(C)CO)C2=O)CC1. The number of nitrogens with zero attached hydrogens (tertiary/aromatic N) is 2. The van der Waals surface area contributed by atoms with Gasteiger partial charge in [-0.2, -0.15) is 0 Å². The van der Waals surface area contributed by atoms with Gasteiger partial charge in [-0.15, -0.1) is 0 Å². The highest BCUT2D eigenvalue weighted by molar-refractivity contribution is 6.30. The number of methoxy groups -OCH3 is 2. The first-order valence-corrected chi connectivity index (χ1v) is 15.1. The van der Waals surface area contributed by atoms with Crippen LogP contribution in [0.3, 0.4) is 0 Å². The van der Waals surface area contributed by atoms with E-state index in [-0.39, 0.29) is 37.9 Å². The number of amides is 2. The quantitative estimate of drug-likeness (QED) is 0.281. The number of benzene rings is 2. The third-order valence-electron chi connectivity index (χ3n) is 7.83. The molecule has 0 saturated heterocycles. The Bertz CT molecular complexity index is 1410. The lowest BCUT2D eigenvalue weighted by molar-refractivity contribution is -0.143. The third kappa shape index (κ3) is 7.54. The number of hydrogen-bond acceptors (Lipinski definition) is 8. The average molecular weight is 629 g/mol. The van der Waals surface area contributed by atoms with Gasteiger partial charge in [-0.05, 0) is 37.6 Å². The molecule has 0 fully saturated rings. The summed E-state index contributed by atoms with van der Waals surface area (Å²) in [5, 5.41) is 10.5. The predicted octanol–water partition coefficient (Wildman–Crippen LogP) is 4.70. The zero-order chi connectivity index (χ0) is 32.0. The van der Waals surface area contributed by atoms with E-state index in [1.165, 1.54) is 14.2 Å². The molecule has 2 aliphatic rings. The maximum absolute atomic E-state index is 14.3. The molecule has 44 heavy (non-hydrogen) atoms. The molecule has 4 rings (SSSR count). The maximum atomic E-state index is 14.3. The Morgan fingerprint density at radius 1 is 1.14 bits per heavy atom. The maximum Gasteiger partial charge on any atom is 0.309 e. The molecule has 0 bridgehead atoms. The number of rotatable bonds is 11. The molecule has 2 heterocycles. The molecule has 2 aromatic rings. The van der Waals surface area contributed by atoms with Crippen LogP contribution in [0.4, 0.5) is 5.69 Å². The lowest BCUT2D eigenvalue weighted by Crippen LogP contribution is -2.47. The second kappa shape index (κ2) is 14.5. The highest BCUT2D eigenvalue weighted by Crippen LogP contribution is 2.45. The van der Waals surface area contributed by atoms with Crippen LogP contribution in [0.1, 0.15) is 57.3 Å². The number of fused-ring (bicyclic) bond motifs is 1. The fourth-order valence-electron chi connectivity index (χ4n) is 5.49. The highest BCUT2D eigenvalue weighted by atomic mass is 35.5. The van der Waals surface area contributed by atoms with E-state index in [2.05, 4.69) is 0 Å². The summed E-state index contributed by atoms with van der Waals surface area (Å²) in [4.78, 5) is 43.1. The number of hydrogen-bond donors (Lipinski definition) is 1. The van der Waals surface area contributed by atoms with Gasteiger partial charge in [0.15, 0.2) is 11.5 Å². The van der Waals surface area contributed by atoms with Crippen molar-refractivity contribution in [1.82, 2.24) is 4.90 Å². The van der Waals surface area contributed by atoms with Gasteiger partial charge in [0.05, 0.1) is 33.7 Å². The Morgan fingerprint density at radius 3 is 2.55 bits per heavy atom. The first kappa shape index (κ1) is 33.3. The first-order chi connectivity index (χ1) is 21.0. The zero-order valence-corrected chi connectivity index (χ0v) is 26.7. The minimum absolute atomic E-state index is 0.161. The van der Waals surface area contributed by atoms with Gasteiger partial charge in [0.2, 0.25) is 5.91 Å². The molecule has 0 aromatic heterocycles. The van der Waals surface area contributed by atoms with E-state index in [0.29, 0.717) is 59.5 Å². The smallest absolute Gasteiger partial charge is 0.309 e. The molecular weight excluding hydrogens is 588 g/mol. The van der Waals surface area contributed by atoms with Crippen LogP contribution >= 0.6 is 11.6 Å². The van der Waals surface area contributed by atoms with Gasteiger partial charge in [0.25, 0.3) is 5.91 Å². The fourth-order valence-corrected chi connectivity index (χ4v) is 5.67. The topological polar surface area (TPSA) is 115 Å². The van der Waals surface area contributed by atoms with Crippen LogP contribution in [0.5, 0.6) is 11.5 Å². The van der Waals surface area contributed by atoms with Crippen LogP contribution in [0.15, 0.2) is 48.0 Å². The third-order valence-corrected chi connectivity index (χ3v) is 8.06. The predicted molar refractivity (Wildman–Crippen MR) is 166 cm³/mol. The van der Waals surface area contributed by atoms with E-state index in [4.69, 9.17) is 30.5 Å². The molecule has 2 atom stereocenters. The van der Waals surface area contributed by atoms with Crippen molar-refractivity contribution in [2.45, 2.75) is 52.2 Å². The highest BCUT2D eigenvalue weighted by Gasteiger charge is 2.41. The second-order valence-corrected chi connectivity index (χ2v) is 12.1. The number of carbonyl (C=O) groups excluding carboxylic acids is 3. The fraction of sp³-hybridized carbons (Fsp3) is 0.485. The lowest BCUT2D eigenvalue weighted by Gasteiger charge is -2.33. The normalized spacial score (nSPS) is 18.7. The number of aliphatic hydroxyl groups is 1. The van der Waals surface area contributed by atoms with E-state index in [1.807, 2.05) is 26.0 Å². The number of carbonyl (C=O) groups is 3. The van der Waals surface area contributed by atoms with Crippen LogP contribution in [-0.4, -0.2) is 81.0 Å². The van der Waals surface area contributed by atoms with Crippen molar-refractivity contribution in [3.05, 3.63) is 64.2 Å². The average Bonchev–Trinajstić information content (AvgIpc) is 3.11. The summed E-state index contributed by atoms with van der Waals surface area (Å²) >= 11 is 6.49. The van der Waals surface area contributed by atoms with Gasteiger partial charge in [-0.1, -0.05) is 49.2 Å². The molecule has 10 nitrogen and oxygen atoms in total. The largest absolute Gasteiger partial charge is 0.493 e. The molecule has 2 aromatic carbocycles. The van der Waals surface area contributed by atoms with Gasteiger partial charge in [-0.25, -0.2) is 0 Å². The van der Waals surface area contributed by atoms with Crippen LogP contribution in [0, 0.1) is 5.41 Å². The number of ether oxygens (including phenoxy) is 4. The molecule has 238 valence electrons. The minimum Gasteiger partial charge on any atom is -0.493 e. The summed E-state index contributed by atoms with van der Waals surface area (Å²) in [6.45, 7) is 6.54. The standard InChI is InChI=1S/C33H41ClN2O8/c1-6-43-29(39)16-21-12-14-35(15-13-21)28(38)18-27-32(40)36(19-33(2,3)20-37)25-11-10-22(34)17-24(25)30(44-27)23-8-7-9-26(41-4)31(23)42-5/h7-12,17,27,30,37H,6,13-16,18-20H2,1-5H3/t27-,30-/m1/s1. The van der Waals surface area contributed by atoms with E-state index in [0.717, 1.165) is 5.57 Å². The van der Waals surface area contributed by atoms with Crippen molar-refractivity contribution < 1.29 is 38.4 Å². The molecular formula is C33H41ClN2O8. The van der Waals surface area contributed by atoms with Crippen molar-refractivity contribution in [2.24, 2.45) is 5.41 Å². The van der Waals surface area contributed by atoms with E-state index >= 15 is 0 Å². The summed E-state index contributed by atoms with van der Waals surface area (Å²) in [6.07, 6.45) is 0.394. The summed E-state index contributed by atoms with van der Waals surface area (Å²) in [5.41, 5.74) is 2.06. The van der Waals surface area contributed by atoms with E-state index in [9.17, 15) is 19.5 Å². The molecule has 0 aliphatic carbocycles. The Labute approximate surface area is 263 Å². The Hall–Kier alpha value is -3.60. The van der Waals surface area contributed by atoms with Crippen molar-refractivity contribution in [1.29, 1.82) is 0 Å². The molecule has 1 N–H and O–H groups in total. The summed E-state index contributed by atoms with van der Waals surface area (Å²) in [5.74, 6) is -0.0272. The first-order valence-electron chi connectivity index (χ1n) is 14.7. The number of esters is 1. The summed E-state index contributed by atoms with van der Waals surface area (Å²) < 4.78 is 22.9. The van der Waals surface area contributed by atoms with Crippen LogP contribution < -0.4 is 14.4 Å². The van der Waals surface area contributed by atoms with Gasteiger partial charge >= 0.3 is 5.97 Å². The Morgan fingerprint density at radius 2 is 1.91 bits per heavy atom. The van der Waals surface area contributed by atoms with Gasteiger partial charge < -0.3 is 33.9 Å². The number of halogens is 1. The number of anilines is 1. The van der Waals surface area contributed by atoms with E-state index < -0.39 is 23.5 Å². The molecule has 0 unspecified atom stereocenters. The Kier molecular flexibility index (Phi) is 10.9. The van der Waals surface area contributed by atoms with Crippen molar-refractivity contribution in [3.8, 4) is 11.5 Å². The Balaban J connectivity index is 1.72. The molecule has 0 radical (unpaired) electrons. The summed E-state index contributed by atoms with van der Waals surface area (Å²) in [7, 11) is 3.06. The molecule has 0 spiro atoms. The van der Waals surface area contributed by atoms with Crippen LogP contribution in [0.25, 0.3) is 0 Å². The van der Waals surface area contributed by atoms with Crippen LogP contribution in [0.2, 0.25) is 5.02 Å². The van der Waals surface area contributed by atoms with Crippen molar-refractivity contribution >= 4 is 35.1 Å². The molecule has 11 heteroatoms. The molecule has 0 saturated carbocycles. The zero-order valence-electron chi connectivity index (χ0n) is 25.9. The molecule has 2 amide bonds. The van der Waals surface area contributed by atoms with Crippen molar-refractivity contribution in [3.63, 3.8) is 0 Å². The second-order valence-electron chi connectivity index (χ2n) is 11.7. The van der Waals surface area contributed by atoms with Crippen LogP contribution in [-0.2, 0) is 23.9 Å². The minimum atomic E-state index is -1.16. The van der Waals surface area contributed by atoms with E-state index in [1.54, 1.807) is 47.1 Å². The lowest BCUT2D eigenvalue weighted by atomic mass is 9.92. The molecule has 2 aliphatic heterocycles. The van der Waals surface area contributed by atoms with Gasteiger partial charge in [-0.3, -0.25) is 14.4 Å². The van der Waals surface area contributed by atoms with Gasteiger partial charge in [0, 0.05) is 53.5 Å². The van der Waals surface area contributed by atoms with Crippen molar-refractivity contribution in [2.75, 3.05) is 52.0 Å². The summed E-state index contributed by atoms with van der Waals surface area (Å²) in [6, 6.07) is 10.6. The van der Waals surface area contributed by atoms with Gasteiger partial charge in [0.1, 0.15) is 12.2 Å².